The summed E-state index contributed by atoms with van der Waals surface area (Å²) in [6.45, 7) is 4.81. The van der Waals surface area contributed by atoms with Crippen LogP contribution in [0.25, 0.3) is 16.7 Å². The van der Waals surface area contributed by atoms with Crippen LogP contribution < -0.4 is 10.9 Å². The van der Waals surface area contributed by atoms with Gasteiger partial charge in [0.25, 0.3) is 5.56 Å². The number of carbonyl (C=O) groups excluding carboxylic acids is 1. The second-order valence-corrected chi connectivity index (χ2v) is 7.32. The molecule has 0 saturated heterocycles. The number of para-hydroxylation sites is 1. The number of aromatic nitrogens is 4. The van der Waals surface area contributed by atoms with Gasteiger partial charge in [0.05, 0.1) is 16.7 Å². The highest BCUT2D eigenvalue weighted by molar-refractivity contribution is 7.99. The van der Waals surface area contributed by atoms with Crippen LogP contribution in [0.15, 0.2) is 46.9 Å². The zero-order valence-corrected chi connectivity index (χ0v) is 15.0. The van der Waals surface area contributed by atoms with E-state index in [4.69, 9.17) is 0 Å². The Morgan fingerprint density at radius 2 is 2.15 bits per heavy atom. The van der Waals surface area contributed by atoms with E-state index in [-0.39, 0.29) is 17.2 Å². The van der Waals surface area contributed by atoms with Crippen molar-refractivity contribution in [3.63, 3.8) is 0 Å². The molecule has 1 aliphatic rings. The molecule has 0 atom stereocenters. The van der Waals surface area contributed by atoms with Gasteiger partial charge in [0, 0.05) is 13.1 Å². The van der Waals surface area contributed by atoms with Gasteiger partial charge in [-0.3, -0.25) is 18.6 Å². The molecule has 0 radical (unpaired) electrons. The van der Waals surface area contributed by atoms with Gasteiger partial charge in [-0.2, -0.15) is 0 Å². The first-order valence-corrected chi connectivity index (χ1v) is 9.54. The standard InChI is InChI=1S/C18H19N5O2S/c1-2-9-22-16(25)13-5-3-4-6-14(13)23-17(22)20-21-18(23)26-11-15(24)19-10-12-7-8-12/h2-6,12H,1,7-11H2,(H,19,24). The van der Waals surface area contributed by atoms with Gasteiger partial charge in [-0.15, -0.1) is 16.8 Å². The van der Waals surface area contributed by atoms with Crippen molar-refractivity contribution in [2.75, 3.05) is 12.3 Å². The van der Waals surface area contributed by atoms with E-state index in [1.165, 1.54) is 24.6 Å². The van der Waals surface area contributed by atoms with Gasteiger partial charge >= 0.3 is 0 Å². The predicted molar refractivity (Wildman–Crippen MR) is 101 cm³/mol. The fourth-order valence-electron chi connectivity index (χ4n) is 2.88. The van der Waals surface area contributed by atoms with Crippen molar-refractivity contribution in [3.05, 3.63) is 47.3 Å². The molecule has 1 N–H and O–H groups in total. The number of fused-ring (bicyclic) bond motifs is 3. The smallest absolute Gasteiger partial charge is 0.263 e. The van der Waals surface area contributed by atoms with Crippen LogP contribution in [-0.2, 0) is 11.3 Å². The zero-order chi connectivity index (χ0) is 18.1. The van der Waals surface area contributed by atoms with Gasteiger partial charge in [-0.25, -0.2) is 0 Å². The molecule has 1 aromatic carbocycles. The molecule has 1 amide bonds. The monoisotopic (exact) mass is 369 g/mol. The molecule has 4 rings (SSSR count). The normalized spacial score (nSPS) is 14.0. The topological polar surface area (TPSA) is 81.3 Å². The summed E-state index contributed by atoms with van der Waals surface area (Å²) >= 11 is 1.32. The molecule has 8 heteroatoms. The Morgan fingerprint density at radius 3 is 2.92 bits per heavy atom. The highest BCUT2D eigenvalue weighted by atomic mass is 32.2. The maximum Gasteiger partial charge on any atom is 0.263 e. The number of amides is 1. The van der Waals surface area contributed by atoms with Gasteiger partial charge in [-0.1, -0.05) is 30.0 Å². The van der Waals surface area contributed by atoms with Crippen LogP contribution in [0.3, 0.4) is 0 Å². The fraction of sp³-hybridized carbons (Fsp3) is 0.333. The summed E-state index contributed by atoms with van der Waals surface area (Å²) in [6.07, 6.45) is 4.06. The number of nitrogens with zero attached hydrogens (tertiary/aromatic N) is 4. The number of hydrogen-bond donors (Lipinski definition) is 1. The maximum absolute atomic E-state index is 12.7. The summed E-state index contributed by atoms with van der Waals surface area (Å²) in [5.74, 6) is 1.36. The van der Waals surface area contributed by atoms with E-state index in [9.17, 15) is 9.59 Å². The van der Waals surface area contributed by atoms with Crippen LogP contribution in [-0.4, -0.2) is 37.4 Å². The van der Waals surface area contributed by atoms with Crippen molar-refractivity contribution in [1.82, 2.24) is 24.5 Å². The van der Waals surface area contributed by atoms with E-state index in [1.807, 2.05) is 22.6 Å². The van der Waals surface area contributed by atoms with E-state index in [0.29, 0.717) is 28.8 Å². The molecule has 26 heavy (non-hydrogen) atoms. The van der Waals surface area contributed by atoms with Crippen molar-refractivity contribution in [3.8, 4) is 0 Å². The number of rotatable bonds is 7. The number of benzene rings is 1. The molecule has 1 aliphatic carbocycles. The van der Waals surface area contributed by atoms with Crippen LogP contribution in [0.2, 0.25) is 0 Å². The Bertz CT molecular complexity index is 1050. The third kappa shape index (κ3) is 3.12. The predicted octanol–water partition coefficient (Wildman–Crippen LogP) is 1.85. The largest absolute Gasteiger partial charge is 0.355 e. The van der Waals surface area contributed by atoms with Gasteiger partial charge in [0.15, 0.2) is 5.16 Å². The van der Waals surface area contributed by atoms with Crippen molar-refractivity contribution in [2.24, 2.45) is 5.92 Å². The quantitative estimate of drug-likeness (QED) is 0.508. The molecule has 3 aromatic rings. The Balaban J connectivity index is 1.70. The average Bonchev–Trinajstić information content (AvgIpc) is 3.39. The fourth-order valence-corrected chi connectivity index (χ4v) is 3.65. The number of nitrogens with one attached hydrogen (secondary N) is 1. The van der Waals surface area contributed by atoms with Crippen LogP contribution in [0.1, 0.15) is 12.8 Å². The van der Waals surface area contributed by atoms with Crippen molar-refractivity contribution in [2.45, 2.75) is 24.5 Å². The lowest BCUT2D eigenvalue weighted by Gasteiger charge is -2.09. The highest BCUT2D eigenvalue weighted by Gasteiger charge is 2.22. The first kappa shape index (κ1) is 16.8. The van der Waals surface area contributed by atoms with Crippen molar-refractivity contribution in [1.29, 1.82) is 0 Å². The van der Waals surface area contributed by atoms with Crippen molar-refractivity contribution < 1.29 is 4.79 Å². The number of thioether (sulfide) groups is 1. The second-order valence-electron chi connectivity index (χ2n) is 6.38. The van der Waals surface area contributed by atoms with Crippen LogP contribution in [0, 0.1) is 5.92 Å². The minimum atomic E-state index is -0.126. The Kier molecular flexibility index (Phi) is 4.50. The molecule has 134 valence electrons. The van der Waals surface area contributed by atoms with Crippen LogP contribution >= 0.6 is 11.8 Å². The molecule has 1 saturated carbocycles. The van der Waals surface area contributed by atoms with Crippen molar-refractivity contribution >= 4 is 34.3 Å². The molecule has 7 nitrogen and oxygen atoms in total. The zero-order valence-electron chi connectivity index (χ0n) is 14.2. The minimum Gasteiger partial charge on any atom is -0.355 e. The third-order valence-electron chi connectivity index (χ3n) is 4.41. The lowest BCUT2D eigenvalue weighted by Crippen LogP contribution is -2.27. The molecule has 0 aliphatic heterocycles. The molecular weight excluding hydrogens is 350 g/mol. The number of hydrogen-bond acceptors (Lipinski definition) is 5. The summed E-state index contributed by atoms with van der Waals surface area (Å²) in [5.41, 5.74) is 0.609. The second kappa shape index (κ2) is 6.95. The summed E-state index contributed by atoms with van der Waals surface area (Å²) in [4.78, 5) is 24.8. The number of allylic oxidation sites excluding steroid dienone is 1. The van der Waals surface area contributed by atoms with Gasteiger partial charge in [0.1, 0.15) is 0 Å². The SMILES string of the molecule is C=CCn1c(=O)c2ccccc2n2c(SCC(=O)NCC3CC3)nnc12. The highest BCUT2D eigenvalue weighted by Crippen LogP contribution is 2.27. The first-order chi connectivity index (χ1) is 12.7. The van der Waals surface area contributed by atoms with E-state index < -0.39 is 0 Å². The van der Waals surface area contributed by atoms with Crippen LogP contribution in [0.4, 0.5) is 0 Å². The molecule has 0 spiro atoms. The lowest BCUT2D eigenvalue weighted by molar-refractivity contribution is -0.118. The molecule has 1 fully saturated rings. The van der Waals surface area contributed by atoms with Crippen LogP contribution in [0.5, 0.6) is 0 Å². The van der Waals surface area contributed by atoms with E-state index in [1.54, 1.807) is 16.7 Å². The lowest BCUT2D eigenvalue weighted by atomic mass is 10.2. The van der Waals surface area contributed by atoms with E-state index in [0.717, 1.165) is 12.1 Å². The van der Waals surface area contributed by atoms with Gasteiger partial charge in [-0.05, 0) is 30.9 Å². The van der Waals surface area contributed by atoms with Gasteiger partial charge in [0.2, 0.25) is 11.7 Å². The van der Waals surface area contributed by atoms with E-state index >= 15 is 0 Å². The minimum absolute atomic E-state index is 0.0117. The summed E-state index contributed by atoms with van der Waals surface area (Å²) in [5, 5.41) is 12.5. The summed E-state index contributed by atoms with van der Waals surface area (Å²) < 4.78 is 3.37. The maximum atomic E-state index is 12.7. The first-order valence-electron chi connectivity index (χ1n) is 8.56. The molecule has 0 bridgehead atoms. The summed E-state index contributed by atoms with van der Waals surface area (Å²) in [6, 6.07) is 7.35. The molecular formula is C18H19N5O2S. The molecule has 2 heterocycles. The summed E-state index contributed by atoms with van der Waals surface area (Å²) in [7, 11) is 0. The number of carbonyl (C=O) groups is 1. The van der Waals surface area contributed by atoms with E-state index in [2.05, 4.69) is 22.1 Å². The Hall–Kier alpha value is -2.61. The third-order valence-corrected chi connectivity index (χ3v) is 5.34. The molecule has 0 unspecified atom stereocenters. The Labute approximate surface area is 154 Å². The Morgan fingerprint density at radius 1 is 1.35 bits per heavy atom. The molecule has 2 aromatic heterocycles. The average molecular weight is 369 g/mol. The van der Waals surface area contributed by atoms with Gasteiger partial charge < -0.3 is 5.32 Å².